The maximum atomic E-state index is 13.4. The predicted molar refractivity (Wildman–Crippen MR) is 68.5 cm³/mol. The summed E-state index contributed by atoms with van der Waals surface area (Å²) < 4.78 is 26.2. The Morgan fingerprint density at radius 1 is 1.21 bits per heavy atom. The van der Waals surface area contributed by atoms with E-state index in [9.17, 15) is 8.78 Å². The van der Waals surface area contributed by atoms with Gasteiger partial charge in [-0.2, -0.15) is 0 Å². The molecule has 1 heterocycles. The molecule has 4 nitrogen and oxygen atoms in total. The van der Waals surface area contributed by atoms with Crippen LogP contribution in [0.4, 0.5) is 14.6 Å². The van der Waals surface area contributed by atoms with E-state index in [0.717, 1.165) is 6.07 Å². The van der Waals surface area contributed by atoms with Crippen molar-refractivity contribution < 1.29 is 8.78 Å². The molecule has 100 valence electrons. The Hall–Kier alpha value is -2.08. The number of nitrogens with two attached hydrogens (primary N) is 1. The highest BCUT2D eigenvalue weighted by Crippen LogP contribution is 2.11. The Morgan fingerprint density at radius 3 is 2.79 bits per heavy atom. The maximum Gasteiger partial charge on any atom is 0.131 e. The molecule has 2 aromatic rings. The van der Waals surface area contributed by atoms with Gasteiger partial charge < -0.3 is 11.1 Å². The summed E-state index contributed by atoms with van der Waals surface area (Å²) in [5.41, 5.74) is 5.80. The van der Waals surface area contributed by atoms with Crippen LogP contribution in [0.15, 0.2) is 30.5 Å². The number of nitrogens with one attached hydrogen (secondary N) is 1. The summed E-state index contributed by atoms with van der Waals surface area (Å²) in [6.45, 7) is 0.696. The zero-order valence-electron chi connectivity index (χ0n) is 10.2. The Bertz CT molecular complexity index is 560. The van der Waals surface area contributed by atoms with E-state index < -0.39 is 11.6 Å². The average molecular weight is 264 g/mol. The van der Waals surface area contributed by atoms with Crippen LogP contribution in [-0.4, -0.2) is 16.5 Å². The maximum absolute atomic E-state index is 13.4. The Balaban J connectivity index is 2.03. The second-order valence-electron chi connectivity index (χ2n) is 3.99. The molecule has 19 heavy (non-hydrogen) atoms. The van der Waals surface area contributed by atoms with Gasteiger partial charge in [-0.25, -0.2) is 18.7 Å². The van der Waals surface area contributed by atoms with Gasteiger partial charge in [0.2, 0.25) is 0 Å². The van der Waals surface area contributed by atoms with Gasteiger partial charge in [-0.1, -0.05) is 6.07 Å². The van der Waals surface area contributed by atoms with E-state index >= 15 is 0 Å². The summed E-state index contributed by atoms with van der Waals surface area (Å²) in [4.78, 5) is 8.28. The first kappa shape index (κ1) is 13.4. The molecule has 0 fully saturated rings. The van der Waals surface area contributed by atoms with Crippen LogP contribution in [0, 0.1) is 11.6 Å². The summed E-state index contributed by atoms with van der Waals surface area (Å²) in [6.07, 6.45) is 2.20. The molecule has 0 bridgehead atoms. The topological polar surface area (TPSA) is 63.8 Å². The first-order chi connectivity index (χ1) is 9.19. The lowest BCUT2D eigenvalue weighted by atomic mass is 10.2. The van der Waals surface area contributed by atoms with Crippen LogP contribution in [0.1, 0.15) is 11.4 Å². The smallest absolute Gasteiger partial charge is 0.131 e. The van der Waals surface area contributed by atoms with Crippen LogP contribution in [0.5, 0.6) is 0 Å². The summed E-state index contributed by atoms with van der Waals surface area (Å²) in [6, 6.07) is 5.16. The van der Waals surface area contributed by atoms with Crippen molar-refractivity contribution in [2.24, 2.45) is 5.73 Å². The zero-order chi connectivity index (χ0) is 13.7. The fraction of sp³-hybridized carbons (Fsp3) is 0.231. The van der Waals surface area contributed by atoms with E-state index in [2.05, 4.69) is 15.3 Å². The minimum Gasteiger partial charge on any atom is -0.366 e. The number of anilines is 1. The van der Waals surface area contributed by atoms with Gasteiger partial charge >= 0.3 is 0 Å². The van der Waals surface area contributed by atoms with Crippen LogP contribution in [0.2, 0.25) is 0 Å². The lowest BCUT2D eigenvalue weighted by Crippen LogP contribution is -2.09. The van der Waals surface area contributed by atoms with Crippen molar-refractivity contribution in [2.45, 2.75) is 13.0 Å². The average Bonchev–Trinajstić information content (AvgIpc) is 2.38. The third-order valence-electron chi connectivity index (χ3n) is 2.55. The van der Waals surface area contributed by atoms with Crippen LogP contribution < -0.4 is 11.1 Å². The van der Waals surface area contributed by atoms with Gasteiger partial charge in [-0.05, 0) is 18.7 Å². The summed E-state index contributed by atoms with van der Waals surface area (Å²) in [5.74, 6) is 0.0477. The SMILES string of the molecule is NCCc1nccc(NCc2ccc(F)cc2F)n1. The van der Waals surface area contributed by atoms with Crippen LogP contribution in [-0.2, 0) is 13.0 Å². The standard InChI is InChI=1S/C13H14F2N4/c14-10-2-1-9(11(15)7-10)8-18-13-4-6-17-12(19-13)3-5-16/h1-2,4,6-7H,3,5,8,16H2,(H,17,18,19). The summed E-state index contributed by atoms with van der Waals surface area (Å²) in [7, 11) is 0. The summed E-state index contributed by atoms with van der Waals surface area (Å²) in [5, 5.41) is 2.97. The van der Waals surface area contributed by atoms with Gasteiger partial charge in [0, 0.05) is 30.8 Å². The van der Waals surface area contributed by atoms with E-state index in [0.29, 0.717) is 30.2 Å². The molecule has 3 N–H and O–H groups in total. The van der Waals surface area contributed by atoms with Crippen molar-refractivity contribution in [1.29, 1.82) is 0 Å². The molecule has 1 aromatic heterocycles. The second kappa shape index (κ2) is 6.19. The lowest BCUT2D eigenvalue weighted by molar-refractivity contribution is 0.574. The number of hydrogen-bond acceptors (Lipinski definition) is 4. The molecule has 0 atom stereocenters. The van der Waals surface area contributed by atoms with Crippen LogP contribution >= 0.6 is 0 Å². The predicted octanol–water partition coefficient (Wildman–Crippen LogP) is 1.87. The minimum absolute atomic E-state index is 0.227. The monoisotopic (exact) mass is 264 g/mol. The van der Waals surface area contributed by atoms with E-state index in [-0.39, 0.29) is 6.54 Å². The van der Waals surface area contributed by atoms with Crippen LogP contribution in [0.3, 0.4) is 0 Å². The van der Waals surface area contributed by atoms with E-state index in [1.165, 1.54) is 12.1 Å². The first-order valence-electron chi connectivity index (χ1n) is 5.89. The van der Waals surface area contributed by atoms with Gasteiger partial charge in [0.25, 0.3) is 0 Å². The normalized spacial score (nSPS) is 10.5. The van der Waals surface area contributed by atoms with Crippen molar-refractivity contribution in [3.8, 4) is 0 Å². The number of benzene rings is 1. The van der Waals surface area contributed by atoms with E-state index in [1.807, 2.05) is 0 Å². The quantitative estimate of drug-likeness (QED) is 0.865. The van der Waals surface area contributed by atoms with Gasteiger partial charge in [0.1, 0.15) is 23.3 Å². The summed E-state index contributed by atoms with van der Waals surface area (Å²) >= 11 is 0. The fourth-order valence-corrected chi connectivity index (χ4v) is 1.60. The molecule has 0 aliphatic heterocycles. The third kappa shape index (κ3) is 3.69. The molecule has 0 radical (unpaired) electrons. The Labute approximate surface area is 109 Å². The van der Waals surface area contributed by atoms with Gasteiger partial charge in [0.15, 0.2) is 0 Å². The molecule has 0 aliphatic rings. The highest BCUT2D eigenvalue weighted by molar-refractivity contribution is 5.35. The molecule has 1 aromatic carbocycles. The molecule has 0 saturated carbocycles. The van der Waals surface area contributed by atoms with Gasteiger partial charge in [0.05, 0.1) is 0 Å². The van der Waals surface area contributed by atoms with Gasteiger partial charge in [-0.15, -0.1) is 0 Å². The number of hydrogen-bond donors (Lipinski definition) is 2. The van der Waals surface area contributed by atoms with Crippen molar-refractivity contribution in [2.75, 3.05) is 11.9 Å². The van der Waals surface area contributed by atoms with Crippen molar-refractivity contribution in [3.05, 3.63) is 53.5 Å². The minimum atomic E-state index is -0.589. The molecule has 0 aliphatic carbocycles. The number of halogens is 2. The van der Waals surface area contributed by atoms with Crippen molar-refractivity contribution in [3.63, 3.8) is 0 Å². The largest absolute Gasteiger partial charge is 0.366 e. The molecule has 0 saturated heterocycles. The molecular formula is C13H14F2N4. The first-order valence-corrected chi connectivity index (χ1v) is 5.89. The molecule has 0 amide bonds. The number of rotatable bonds is 5. The Morgan fingerprint density at radius 2 is 2.05 bits per heavy atom. The molecular weight excluding hydrogens is 250 g/mol. The number of nitrogens with zero attached hydrogens (tertiary/aromatic N) is 2. The molecule has 2 rings (SSSR count). The fourth-order valence-electron chi connectivity index (χ4n) is 1.60. The third-order valence-corrected chi connectivity index (χ3v) is 2.55. The molecule has 0 unspecified atom stereocenters. The highest BCUT2D eigenvalue weighted by Gasteiger charge is 2.04. The highest BCUT2D eigenvalue weighted by atomic mass is 19.1. The zero-order valence-corrected chi connectivity index (χ0v) is 10.2. The molecule has 6 heteroatoms. The second-order valence-corrected chi connectivity index (χ2v) is 3.99. The van der Waals surface area contributed by atoms with Gasteiger partial charge in [-0.3, -0.25) is 0 Å². The van der Waals surface area contributed by atoms with Crippen LogP contribution in [0.25, 0.3) is 0 Å². The Kier molecular flexibility index (Phi) is 4.35. The lowest BCUT2D eigenvalue weighted by Gasteiger charge is -2.07. The van der Waals surface area contributed by atoms with E-state index in [1.54, 1.807) is 12.3 Å². The number of aromatic nitrogens is 2. The van der Waals surface area contributed by atoms with Crippen molar-refractivity contribution in [1.82, 2.24) is 9.97 Å². The van der Waals surface area contributed by atoms with Crippen molar-refractivity contribution >= 4 is 5.82 Å². The molecule has 0 spiro atoms. The van der Waals surface area contributed by atoms with E-state index in [4.69, 9.17) is 5.73 Å².